The first-order valence-corrected chi connectivity index (χ1v) is 6.90. The maximum absolute atomic E-state index is 4.37. The molecule has 2 N–H and O–H groups in total. The molecule has 2 heterocycles. The van der Waals surface area contributed by atoms with E-state index in [1.807, 2.05) is 6.26 Å². The van der Waals surface area contributed by atoms with Gasteiger partial charge in [-0.05, 0) is 25.6 Å². The van der Waals surface area contributed by atoms with Gasteiger partial charge in [0.05, 0.1) is 5.69 Å². The number of piperidine rings is 1. The van der Waals surface area contributed by atoms with E-state index in [-0.39, 0.29) is 12.4 Å². The Morgan fingerprint density at radius 2 is 2.29 bits per heavy atom. The molecule has 1 aromatic heterocycles. The van der Waals surface area contributed by atoms with Crippen molar-refractivity contribution in [3.63, 3.8) is 0 Å². The van der Waals surface area contributed by atoms with Crippen LogP contribution in [-0.4, -0.2) is 35.4 Å². The Labute approximate surface area is 113 Å². The predicted molar refractivity (Wildman–Crippen MR) is 73.8 cm³/mol. The molecule has 1 aliphatic heterocycles. The summed E-state index contributed by atoms with van der Waals surface area (Å²) in [6.07, 6.45) is 8.05. The molecule has 0 unspecified atom stereocenters. The van der Waals surface area contributed by atoms with Crippen LogP contribution in [-0.2, 0) is 6.54 Å². The first-order chi connectivity index (χ1) is 7.90. The van der Waals surface area contributed by atoms with Gasteiger partial charge in [-0.25, -0.2) is 4.98 Å². The Balaban J connectivity index is 0.00000144. The minimum atomic E-state index is 0. The summed E-state index contributed by atoms with van der Waals surface area (Å²) in [6.45, 7) is 3.03. The number of nitrogens with zero attached hydrogens (tertiary/aromatic N) is 2. The van der Waals surface area contributed by atoms with E-state index in [2.05, 4.69) is 20.6 Å². The van der Waals surface area contributed by atoms with E-state index in [4.69, 9.17) is 0 Å². The molecule has 1 aliphatic rings. The lowest BCUT2D eigenvalue weighted by atomic mass is 10.1. The normalized spacial score (nSPS) is 19.7. The van der Waals surface area contributed by atoms with E-state index >= 15 is 0 Å². The second kappa shape index (κ2) is 7.87. The van der Waals surface area contributed by atoms with E-state index in [1.54, 1.807) is 24.2 Å². The largest absolute Gasteiger partial charge is 0.315 e. The summed E-state index contributed by atoms with van der Waals surface area (Å²) in [4.78, 5) is 8.67. The number of hydrogen-bond donors (Lipinski definition) is 2. The number of rotatable bonds is 4. The van der Waals surface area contributed by atoms with Crippen molar-refractivity contribution in [2.75, 3.05) is 19.3 Å². The Morgan fingerprint density at radius 1 is 1.47 bits per heavy atom. The highest BCUT2D eigenvalue weighted by Gasteiger charge is 2.13. The van der Waals surface area contributed by atoms with Gasteiger partial charge in [-0.15, -0.1) is 24.2 Å². The standard InChI is InChI=1S/C11H18N4S.ClH/c1-16-11-10(13-5-6-14-11)8-15-9-3-2-4-12-7-9;/h5-6,9,12,15H,2-4,7-8H2,1H3;1H/t9-;/m0./s1. The van der Waals surface area contributed by atoms with Crippen molar-refractivity contribution in [2.45, 2.75) is 30.5 Å². The summed E-state index contributed by atoms with van der Waals surface area (Å²) in [6, 6.07) is 0.575. The highest BCUT2D eigenvalue weighted by Crippen LogP contribution is 2.14. The molecule has 0 amide bonds. The van der Waals surface area contributed by atoms with Gasteiger partial charge in [-0.2, -0.15) is 0 Å². The van der Waals surface area contributed by atoms with Crippen LogP contribution in [0, 0.1) is 0 Å². The highest BCUT2D eigenvalue weighted by atomic mass is 35.5. The van der Waals surface area contributed by atoms with Crippen LogP contribution in [0.3, 0.4) is 0 Å². The van der Waals surface area contributed by atoms with Crippen molar-refractivity contribution >= 4 is 24.2 Å². The Bertz CT molecular complexity index is 331. The molecule has 1 fully saturated rings. The maximum Gasteiger partial charge on any atom is 0.119 e. The van der Waals surface area contributed by atoms with E-state index < -0.39 is 0 Å². The van der Waals surface area contributed by atoms with E-state index in [0.29, 0.717) is 6.04 Å². The van der Waals surface area contributed by atoms with Crippen molar-refractivity contribution in [3.05, 3.63) is 18.1 Å². The van der Waals surface area contributed by atoms with Crippen molar-refractivity contribution in [1.82, 2.24) is 20.6 Å². The van der Waals surface area contributed by atoms with Crippen LogP contribution in [0.15, 0.2) is 17.4 Å². The average Bonchev–Trinajstić information content (AvgIpc) is 2.38. The molecule has 17 heavy (non-hydrogen) atoms. The Kier molecular flexibility index (Phi) is 6.80. The van der Waals surface area contributed by atoms with Crippen LogP contribution in [0.5, 0.6) is 0 Å². The predicted octanol–water partition coefficient (Wildman–Crippen LogP) is 1.46. The fourth-order valence-electron chi connectivity index (χ4n) is 1.91. The van der Waals surface area contributed by atoms with Gasteiger partial charge < -0.3 is 10.6 Å². The van der Waals surface area contributed by atoms with Gasteiger partial charge in [-0.1, -0.05) is 0 Å². The van der Waals surface area contributed by atoms with Crippen LogP contribution in [0.4, 0.5) is 0 Å². The first-order valence-electron chi connectivity index (χ1n) is 5.68. The first kappa shape index (κ1) is 14.7. The van der Waals surface area contributed by atoms with E-state index in [0.717, 1.165) is 30.4 Å². The zero-order valence-corrected chi connectivity index (χ0v) is 11.6. The summed E-state index contributed by atoms with van der Waals surface area (Å²) in [7, 11) is 0. The van der Waals surface area contributed by atoms with Gasteiger partial charge in [0.1, 0.15) is 5.03 Å². The smallest absolute Gasteiger partial charge is 0.119 e. The summed E-state index contributed by atoms with van der Waals surface area (Å²) < 4.78 is 0. The summed E-state index contributed by atoms with van der Waals surface area (Å²) >= 11 is 1.65. The molecule has 1 atom stereocenters. The average molecular weight is 275 g/mol. The van der Waals surface area contributed by atoms with Crippen molar-refractivity contribution < 1.29 is 0 Å². The molecular formula is C11H19ClN4S. The molecule has 0 aromatic carbocycles. The van der Waals surface area contributed by atoms with Gasteiger partial charge in [0.2, 0.25) is 0 Å². The topological polar surface area (TPSA) is 49.8 Å². The van der Waals surface area contributed by atoms with Crippen LogP contribution < -0.4 is 10.6 Å². The summed E-state index contributed by atoms with van der Waals surface area (Å²) in [5.41, 5.74) is 1.06. The summed E-state index contributed by atoms with van der Waals surface area (Å²) in [5.74, 6) is 0. The molecule has 0 bridgehead atoms. The van der Waals surface area contributed by atoms with Crippen molar-refractivity contribution in [1.29, 1.82) is 0 Å². The van der Waals surface area contributed by atoms with Gasteiger partial charge >= 0.3 is 0 Å². The van der Waals surface area contributed by atoms with Crippen LogP contribution >= 0.6 is 24.2 Å². The molecule has 0 aliphatic carbocycles. The molecule has 1 saturated heterocycles. The number of thioether (sulfide) groups is 1. The third kappa shape index (κ3) is 4.43. The third-order valence-corrected chi connectivity index (χ3v) is 3.51. The number of halogens is 1. The second-order valence-corrected chi connectivity index (χ2v) is 4.73. The summed E-state index contributed by atoms with van der Waals surface area (Å²) in [5, 5.41) is 7.96. The molecule has 0 spiro atoms. The minimum Gasteiger partial charge on any atom is -0.315 e. The molecule has 2 rings (SSSR count). The SMILES string of the molecule is CSc1nccnc1CN[C@H]1CCCNC1.Cl. The zero-order chi connectivity index (χ0) is 11.2. The number of aromatic nitrogens is 2. The quantitative estimate of drug-likeness (QED) is 0.815. The molecule has 96 valence electrons. The van der Waals surface area contributed by atoms with E-state index in [9.17, 15) is 0 Å². The fourth-order valence-corrected chi connectivity index (χ4v) is 2.44. The molecule has 0 saturated carbocycles. The fraction of sp³-hybridized carbons (Fsp3) is 0.636. The lowest BCUT2D eigenvalue weighted by Gasteiger charge is -2.23. The van der Waals surface area contributed by atoms with Crippen LogP contribution in [0.1, 0.15) is 18.5 Å². The van der Waals surface area contributed by atoms with Gasteiger partial charge in [-0.3, -0.25) is 4.98 Å². The van der Waals surface area contributed by atoms with Crippen molar-refractivity contribution in [2.24, 2.45) is 0 Å². The third-order valence-electron chi connectivity index (χ3n) is 2.78. The maximum atomic E-state index is 4.37. The number of nitrogens with one attached hydrogen (secondary N) is 2. The highest BCUT2D eigenvalue weighted by molar-refractivity contribution is 7.98. The Hall–Kier alpha value is -0.360. The molecule has 4 nitrogen and oxygen atoms in total. The lowest BCUT2D eigenvalue weighted by molar-refractivity contribution is 0.386. The lowest BCUT2D eigenvalue weighted by Crippen LogP contribution is -2.42. The molecular weight excluding hydrogens is 256 g/mol. The minimum absolute atomic E-state index is 0. The van der Waals surface area contributed by atoms with Crippen LogP contribution in [0.25, 0.3) is 0 Å². The Morgan fingerprint density at radius 3 is 3.00 bits per heavy atom. The van der Waals surface area contributed by atoms with E-state index in [1.165, 1.54) is 12.8 Å². The van der Waals surface area contributed by atoms with Gasteiger partial charge in [0.15, 0.2) is 0 Å². The van der Waals surface area contributed by atoms with Crippen LogP contribution in [0.2, 0.25) is 0 Å². The zero-order valence-electron chi connectivity index (χ0n) is 9.98. The molecule has 0 radical (unpaired) electrons. The van der Waals surface area contributed by atoms with Gasteiger partial charge in [0.25, 0.3) is 0 Å². The van der Waals surface area contributed by atoms with Crippen molar-refractivity contribution in [3.8, 4) is 0 Å². The monoisotopic (exact) mass is 274 g/mol. The second-order valence-electron chi connectivity index (χ2n) is 3.94. The van der Waals surface area contributed by atoms with Gasteiger partial charge in [0, 0.05) is 31.5 Å². The molecule has 1 aromatic rings. The number of hydrogen-bond acceptors (Lipinski definition) is 5. The molecule has 6 heteroatoms.